The Morgan fingerprint density at radius 3 is 2.83 bits per heavy atom. The maximum absolute atomic E-state index is 4.37. The smallest absolute Gasteiger partial charge is 0.191 e. The molecule has 162 valence electrons. The van der Waals surface area contributed by atoms with Crippen LogP contribution in [0.4, 0.5) is 10.8 Å². The van der Waals surface area contributed by atoms with Crippen LogP contribution in [0.25, 0.3) is 11.0 Å². The van der Waals surface area contributed by atoms with E-state index in [0.717, 1.165) is 61.8 Å². The van der Waals surface area contributed by atoms with Gasteiger partial charge in [0, 0.05) is 46.3 Å². The van der Waals surface area contributed by atoms with E-state index in [4.69, 9.17) is 0 Å². The number of rotatable bonds is 6. The van der Waals surface area contributed by atoms with Crippen LogP contribution in [0, 0.1) is 0 Å². The van der Waals surface area contributed by atoms with E-state index < -0.39 is 0 Å². The molecule has 0 aliphatic carbocycles. The van der Waals surface area contributed by atoms with E-state index >= 15 is 0 Å². The summed E-state index contributed by atoms with van der Waals surface area (Å²) in [5, 5.41) is 19.0. The predicted molar refractivity (Wildman–Crippen MR) is 134 cm³/mol. The van der Waals surface area contributed by atoms with Gasteiger partial charge in [0.1, 0.15) is 12.1 Å². The van der Waals surface area contributed by atoms with Gasteiger partial charge in [-0.2, -0.15) is 5.10 Å². The SMILES string of the molecule is CN=C(NCCNc1ncnc2c1cnn2C)NC1CCN(c2cccs2)CC1.I. The second-order valence-corrected chi connectivity index (χ2v) is 7.94. The lowest BCUT2D eigenvalue weighted by Gasteiger charge is -2.33. The number of nitrogens with one attached hydrogen (secondary N) is 3. The zero-order chi connectivity index (χ0) is 20.1. The fourth-order valence-corrected chi connectivity index (χ4v) is 4.33. The second kappa shape index (κ2) is 10.8. The molecule has 0 bridgehead atoms. The molecule has 1 aliphatic heterocycles. The largest absolute Gasteiger partial charge is 0.368 e. The molecule has 11 heteroatoms. The van der Waals surface area contributed by atoms with Gasteiger partial charge in [0.2, 0.25) is 0 Å². The normalized spacial score (nSPS) is 15.1. The molecule has 0 spiro atoms. The van der Waals surface area contributed by atoms with Crippen LogP contribution in [0.2, 0.25) is 0 Å². The molecule has 1 fully saturated rings. The molecule has 4 rings (SSSR count). The van der Waals surface area contributed by atoms with Crippen LogP contribution < -0.4 is 20.9 Å². The van der Waals surface area contributed by atoms with Crippen molar-refractivity contribution in [2.75, 3.05) is 43.4 Å². The molecule has 1 aliphatic rings. The molecule has 3 N–H and O–H groups in total. The topological polar surface area (TPSA) is 95.3 Å². The molecule has 0 unspecified atom stereocenters. The van der Waals surface area contributed by atoms with Crippen molar-refractivity contribution in [1.82, 2.24) is 30.4 Å². The first-order valence-corrected chi connectivity index (χ1v) is 10.7. The third-order valence-electron chi connectivity index (χ3n) is 5.12. The Morgan fingerprint density at radius 1 is 1.27 bits per heavy atom. The number of nitrogens with zero attached hydrogens (tertiary/aromatic N) is 6. The van der Waals surface area contributed by atoms with Gasteiger partial charge in [0.25, 0.3) is 0 Å². The van der Waals surface area contributed by atoms with Crippen LogP contribution >= 0.6 is 35.3 Å². The number of aliphatic imine (C=N–C) groups is 1. The Balaban J connectivity index is 0.00000256. The highest BCUT2D eigenvalue weighted by atomic mass is 127. The van der Waals surface area contributed by atoms with Gasteiger partial charge in [-0.3, -0.25) is 9.67 Å². The van der Waals surface area contributed by atoms with Gasteiger partial charge in [-0.1, -0.05) is 0 Å². The molecule has 1 saturated heterocycles. The van der Waals surface area contributed by atoms with Crippen molar-refractivity contribution in [3.8, 4) is 0 Å². The molecule has 0 saturated carbocycles. The van der Waals surface area contributed by atoms with Gasteiger partial charge in [-0.25, -0.2) is 9.97 Å². The summed E-state index contributed by atoms with van der Waals surface area (Å²) in [5.41, 5.74) is 0.821. The highest BCUT2D eigenvalue weighted by Crippen LogP contribution is 2.24. The van der Waals surface area contributed by atoms with Gasteiger partial charge < -0.3 is 20.9 Å². The zero-order valence-electron chi connectivity index (χ0n) is 17.2. The number of hydrogen-bond donors (Lipinski definition) is 3. The Hall–Kier alpha value is -2.15. The molecule has 4 heterocycles. The van der Waals surface area contributed by atoms with Crippen LogP contribution in [-0.2, 0) is 7.05 Å². The Labute approximate surface area is 197 Å². The number of aromatic nitrogens is 4. The van der Waals surface area contributed by atoms with Crippen LogP contribution in [-0.4, -0.2) is 65.0 Å². The molecule has 3 aromatic rings. The van der Waals surface area contributed by atoms with Crippen molar-refractivity contribution in [1.29, 1.82) is 0 Å². The van der Waals surface area contributed by atoms with E-state index in [1.54, 1.807) is 17.2 Å². The van der Waals surface area contributed by atoms with Crippen LogP contribution in [0.5, 0.6) is 0 Å². The minimum absolute atomic E-state index is 0. The van der Waals surface area contributed by atoms with Crippen molar-refractivity contribution in [3.05, 3.63) is 30.0 Å². The summed E-state index contributed by atoms with van der Waals surface area (Å²) < 4.78 is 1.75. The number of guanidine groups is 1. The number of piperidine rings is 1. The molecule has 0 aromatic carbocycles. The minimum atomic E-state index is 0. The van der Waals surface area contributed by atoms with Crippen molar-refractivity contribution in [2.45, 2.75) is 18.9 Å². The third-order valence-corrected chi connectivity index (χ3v) is 6.05. The lowest BCUT2D eigenvalue weighted by Crippen LogP contribution is -2.49. The number of aryl methyl sites for hydroxylation is 1. The quantitative estimate of drug-likeness (QED) is 0.191. The second-order valence-electron chi connectivity index (χ2n) is 7.01. The first-order chi connectivity index (χ1) is 14.2. The van der Waals surface area contributed by atoms with Crippen molar-refractivity contribution in [2.24, 2.45) is 12.0 Å². The minimum Gasteiger partial charge on any atom is -0.368 e. The van der Waals surface area contributed by atoms with Crippen LogP contribution in [0.15, 0.2) is 35.0 Å². The zero-order valence-corrected chi connectivity index (χ0v) is 20.4. The summed E-state index contributed by atoms with van der Waals surface area (Å²) in [4.78, 5) is 15.4. The summed E-state index contributed by atoms with van der Waals surface area (Å²) in [6.07, 6.45) is 5.56. The van der Waals surface area contributed by atoms with Crippen molar-refractivity contribution >= 4 is 63.1 Å². The summed E-state index contributed by atoms with van der Waals surface area (Å²) in [7, 11) is 3.69. The number of fused-ring (bicyclic) bond motifs is 1. The number of hydrogen-bond acceptors (Lipinski definition) is 7. The fourth-order valence-electron chi connectivity index (χ4n) is 3.55. The average molecular weight is 541 g/mol. The predicted octanol–water partition coefficient (Wildman–Crippen LogP) is 2.29. The van der Waals surface area contributed by atoms with E-state index in [-0.39, 0.29) is 24.0 Å². The van der Waals surface area contributed by atoms with Gasteiger partial charge in [0.15, 0.2) is 11.6 Å². The first-order valence-electron chi connectivity index (χ1n) is 9.87. The summed E-state index contributed by atoms with van der Waals surface area (Å²) >= 11 is 1.81. The van der Waals surface area contributed by atoms with Gasteiger partial charge in [-0.05, 0) is 30.4 Å². The first kappa shape index (κ1) is 22.5. The standard InChI is InChI=1S/C19H27N9S.HI/c1-20-19(26-14-5-9-28(10-6-14)16-4-3-11-29-16)22-8-7-21-17-15-12-25-27(2)18(15)24-13-23-17;/h3-4,11-14H,5-10H2,1-2H3,(H2,20,22,26)(H,21,23,24);1H. The van der Waals surface area contributed by atoms with Gasteiger partial charge in [0.05, 0.1) is 16.6 Å². The maximum Gasteiger partial charge on any atom is 0.191 e. The molecule has 30 heavy (non-hydrogen) atoms. The monoisotopic (exact) mass is 541 g/mol. The molecular weight excluding hydrogens is 513 g/mol. The Bertz CT molecular complexity index is 948. The van der Waals surface area contributed by atoms with Gasteiger partial charge >= 0.3 is 0 Å². The maximum atomic E-state index is 4.37. The molecule has 0 amide bonds. The molecule has 0 radical (unpaired) electrons. The van der Waals surface area contributed by atoms with E-state index in [1.165, 1.54) is 5.00 Å². The fraction of sp³-hybridized carbons (Fsp3) is 0.474. The summed E-state index contributed by atoms with van der Waals surface area (Å²) in [6.45, 7) is 3.61. The molecular formula is C19H28IN9S. The van der Waals surface area contributed by atoms with Crippen molar-refractivity contribution < 1.29 is 0 Å². The highest BCUT2D eigenvalue weighted by Gasteiger charge is 2.20. The number of thiophene rings is 1. The lowest BCUT2D eigenvalue weighted by molar-refractivity contribution is 0.463. The van der Waals surface area contributed by atoms with Crippen molar-refractivity contribution in [3.63, 3.8) is 0 Å². The van der Waals surface area contributed by atoms with E-state index in [0.29, 0.717) is 6.04 Å². The average Bonchev–Trinajstić information content (AvgIpc) is 3.42. The molecule has 9 nitrogen and oxygen atoms in total. The Morgan fingerprint density at radius 2 is 2.10 bits per heavy atom. The van der Waals surface area contributed by atoms with Crippen LogP contribution in [0.1, 0.15) is 12.8 Å². The van der Waals surface area contributed by atoms with E-state index in [2.05, 4.69) is 58.4 Å². The van der Waals surface area contributed by atoms with E-state index in [9.17, 15) is 0 Å². The third kappa shape index (κ3) is 5.31. The summed E-state index contributed by atoms with van der Waals surface area (Å²) in [5.74, 6) is 1.64. The van der Waals surface area contributed by atoms with E-state index in [1.807, 2.05) is 25.4 Å². The number of halogens is 1. The van der Waals surface area contributed by atoms with Crippen LogP contribution in [0.3, 0.4) is 0 Å². The summed E-state index contributed by atoms with van der Waals surface area (Å²) in [6, 6.07) is 4.76. The lowest BCUT2D eigenvalue weighted by atomic mass is 10.1. The van der Waals surface area contributed by atoms with Gasteiger partial charge in [-0.15, -0.1) is 35.3 Å². The Kier molecular flexibility index (Phi) is 8.08. The highest BCUT2D eigenvalue weighted by molar-refractivity contribution is 14.0. The molecule has 0 atom stereocenters. The molecule has 3 aromatic heterocycles. The number of anilines is 2.